The quantitative estimate of drug-likeness (QED) is 0.773. The minimum absolute atomic E-state index is 0.169. The van der Waals surface area contributed by atoms with Gasteiger partial charge in [-0.25, -0.2) is 4.79 Å². The Morgan fingerprint density at radius 3 is 2.67 bits per heavy atom. The van der Waals surface area contributed by atoms with E-state index in [-0.39, 0.29) is 12.5 Å². The van der Waals surface area contributed by atoms with Gasteiger partial charge in [0.2, 0.25) is 5.91 Å². The van der Waals surface area contributed by atoms with Crippen molar-refractivity contribution in [2.75, 3.05) is 25.1 Å². The average molecular weight is 248 g/mol. The van der Waals surface area contributed by atoms with Gasteiger partial charge in [-0.15, -0.1) is 0 Å². The molecular formula is C13H16N2O3. The van der Waals surface area contributed by atoms with Gasteiger partial charge in [0.25, 0.3) is 0 Å². The van der Waals surface area contributed by atoms with Crippen LogP contribution in [0.15, 0.2) is 24.3 Å². The van der Waals surface area contributed by atoms with Crippen LogP contribution in [0.4, 0.5) is 5.69 Å². The molecule has 96 valence electrons. The summed E-state index contributed by atoms with van der Waals surface area (Å²) in [6.45, 7) is 2.70. The van der Waals surface area contributed by atoms with Crippen molar-refractivity contribution in [2.24, 2.45) is 0 Å². The Kier molecular flexibility index (Phi) is 3.50. The van der Waals surface area contributed by atoms with Gasteiger partial charge < -0.3 is 15.0 Å². The van der Waals surface area contributed by atoms with Crippen molar-refractivity contribution < 1.29 is 14.3 Å². The number of carbonyl (C=O) groups is 2. The molecule has 0 radical (unpaired) electrons. The van der Waals surface area contributed by atoms with E-state index >= 15 is 0 Å². The highest BCUT2D eigenvalue weighted by atomic mass is 16.5. The number of hydrogen-bond donors (Lipinski definition) is 1. The molecule has 1 aliphatic heterocycles. The van der Waals surface area contributed by atoms with Gasteiger partial charge in [0.05, 0.1) is 13.7 Å². The van der Waals surface area contributed by atoms with Crippen LogP contribution in [0.25, 0.3) is 0 Å². The number of ether oxygens (including phenoxy) is 1. The summed E-state index contributed by atoms with van der Waals surface area (Å²) in [6, 6.07) is 7.26. The Bertz CT molecular complexity index is 456. The van der Waals surface area contributed by atoms with Crippen LogP contribution in [-0.4, -0.2) is 38.1 Å². The third-order valence-electron chi connectivity index (χ3n) is 2.96. The third kappa shape index (κ3) is 2.61. The smallest absolute Gasteiger partial charge is 0.330 e. The molecule has 0 saturated carbocycles. The lowest BCUT2D eigenvalue weighted by Gasteiger charge is -2.33. The third-order valence-corrected chi connectivity index (χ3v) is 2.96. The van der Waals surface area contributed by atoms with Crippen molar-refractivity contribution in [3.05, 3.63) is 29.8 Å². The van der Waals surface area contributed by atoms with Crippen molar-refractivity contribution in [3.63, 3.8) is 0 Å². The molecule has 0 aliphatic carbocycles. The van der Waals surface area contributed by atoms with E-state index in [2.05, 4.69) is 10.1 Å². The second kappa shape index (κ2) is 5.08. The summed E-state index contributed by atoms with van der Waals surface area (Å²) in [7, 11) is 1.32. The zero-order valence-corrected chi connectivity index (χ0v) is 10.5. The molecule has 1 heterocycles. The molecule has 1 saturated heterocycles. The Morgan fingerprint density at radius 1 is 1.39 bits per heavy atom. The molecule has 1 amide bonds. The Morgan fingerprint density at radius 2 is 2.06 bits per heavy atom. The molecule has 1 unspecified atom stereocenters. The molecule has 2 rings (SSSR count). The first kappa shape index (κ1) is 12.4. The molecule has 1 atom stereocenters. The monoisotopic (exact) mass is 248 g/mol. The van der Waals surface area contributed by atoms with Crippen molar-refractivity contribution >= 4 is 17.6 Å². The number of nitrogens with zero attached hydrogens (tertiary/aromatic N) is 1. The first-order chi connectivity index (χ1) is 8.60. The summed E-state index contributed by atoms with van der Waals surface area (Å²) in [4.78, 5) is 24.9. The van der Waals surface area contributed by atoms with Gasteiger partial charge in [-0.1, -0.05) is 17.7 Å². The summed E-state index contributed by atoms with van der Waals surface area (Å²) in [6.07, 6.45) is 0. The highest BCUT2D eigenvalue weighted by Gasteiger charge is 2.30. The number of amides is 1. The van der Waals surface area contributed by atoms with Gasteiger partial charge in [-0.3, -0.25) is 4.79 Å². The van der Waals surface area contributed by atoms with Crippen LogP contribution in [0.3, 0.4) is 0 Å². The van der Waals surface area contributed by atoms with Crippen LogP contribution in [0.1, 0.15) is 5.56 Å². The maximum absolute atomic E-state index is 11.6. The molecule has 18 heavy (non-hydrogen) atoms. The second-order valence-corrected chi connectivity index (χ2v) is 4.36. The van der Waals surface area contributed by atoms with E-state index in [1.54, 1.807) is 0 Å². The average Bonchev–Trinajstić information content (AvgIpc) is 2.38. The Balaban J connectivity index is 2.15. The maximum atomic E-state index is 11.6. The largest absolute Gasteiger partial charge is 0.467 e. The Labute approximate surface area is 106 Å². The molecule has 1 aromatic rings. The van der Waals surface area contributed by atoms with Crippen LogP contribution in [-0.2, 0) is 14.3 Å². The van der Waals surface area contributed by atoms with Crippen molar-refractivity contribution in [3.8, 4) is 0 Å². The number of aryl methyl sites for hydroxylation is 1. The number of nitrogens with one attached hydrogen (secondary N) is 1. The van der Waals surface area contributed by atoms with Crippen LogP contribution in [0, 0.1) is 6.92 Å². The maximum Gasteiger partial charge on any atom is 0.330 e. The summed E-state index contributed by atoms with van der Waals surface area (Å²) in [5.74, 6) is -0.586. The molecule has 1 N–H and O–H groups in total. The van der Waals surface area contributed by atoms with Crippen molar-refractivity contribution in [2.45, 2.75) is 13.0 Å². The number of hydrogen-bond acceptors (Lipinski definition) is 4. The van der Waals surface area contributed by atoms with E-state index in [0.29, 0.717) is 6.54 Å². The van der Waals surface area contributed by atoms with E-state index in [1.807, 2.05) is 36.1 Å². The van der Waals surface area contributed by atoms with Crippen molar-refractivity contribution in [1.29, 1.82) is 0 Å². The number of carbonyl (C=O) groups excluding carboxylic acids is 2. The van der Waals surface area contributed by atoms with E-state index in [4.69, 9.17) is 0 Å². The number of rotatable bonds is 2. The molecule has 0 bridgehead atoms. The number of piperazine rings is 1. The van der Waals surface area contributed by atoms with Gasteiger partial charge in [0.1, 0.15) is 6.04 Å². The van der Waals surface area contributed by atoms with Crippen LogP contribution in [0.2, 0.25) is 0 Å². The predicted molar refractivity (Wildman–Crippen MR) is 67.3 cm³/mol. The Hall–Kier alpha value is -2.04. The lowest BCUT2D eigenvalue weighted by molar-refractivity contribution is -0.145. The lowest BCUT2D eigenvalue weighted by atomic mass is 10.1. The van der Waals surface area contributed by atoms with Gasteiger partial charge in [-0.05, 0) is 19.1 Å². The van der Waals surface area contributed by atoms with E-state index in [1.165, 1.54) is 7.11 Å². The van der Waals surface area contributed by atoms with Crippen molar-refractivity contribution in [1.82, 2.24) is 5.32 Å². The number of benzene rings is 1. The standard InChI is InChI=1S/C13H16N2O3/c1-9-3-5-10(6-4-9)15-7-11(13(17)18-2)14-12(16)8-15/h3-6,11H,7-8H2,1-2H3,(H,14,16). The number of anilines is 1. The first-order valence-corrected chi connectivity index (χ1v) is 5.79. The first-order valence-electron chi connectivity index (χ1n) is 5.79. The van der Waals surface area contributed by atoms with Crippen LogP contribution in [0.5, 0.6) is 0 Å². The fourth-order valence-electron chi connectivity index (χ4n) is 1.97. The molecule has 1 aliphatic rings. The summed E-state index contributed by atoms with van der Waals surface area (Å²) < 4.78 is 4.66. The molecule has 0 aromatic heterocycles. The zero-order chi connectivity index (χ0) is 13.1. The molecule has 5 nitrogen and oxygen atoms in total. The molecular weight excluding hydrogens is 232 g/mol. The molecule has 5 heteroatoms. The topological polar surface area (TPSA) is 58.6 Å². The molecule has 0 spiro atoms. The fraction of sp³-hybridized carbons (Fsp3) is 0.385. The van der Waals surface area contributed by atoms with E-state index in [9.17, 15) is 9.59 Å². The van der Waals surface area contributed by atoms with Gasteiger partial charge in [0, 0.05) is 12.2 Å². The highest BCUT2D eigenvalue weighted by molar-refractivity contribution is 5.89. The molecule has 1 aromatic carbocycles. The highest BCUT2D eigenvalue weighted by Crippen LogP contribution is 2.17. The lowest BCUT2D eigenvalue weighted by Crippen LogP contribution is -2.57. The summed E-state index contributed by atoms with van der Waals surface area (Å²) in [5, 5.41) is 2.62. The van der Waals surface area contributed by atoms with E-state index < -0.39 is 12.0 Å². The number of methoxy groups -OCH3 is 1. The number of esters is 1. The second-order valence-electron chi connectivity index (χ2n) is 4.36. The summed E-state index contributed by atoms with van der Waals surface area (Å²) in [5.41, 5.74) is 2.09. The minimum atomic E-state index is -0.599. The fourth-order valence-corrected chi connectivity index (χ4v) is 1.97. The van der Waals surface area contributed by atoms with Gasteiger partial charge in [-0.2, -0.15) is 0 Å². The SMILES string of the molecule is COC(=O)C1CN(c2ccc(C)cc2)CC(=O)N1. The molecule has 1 fully saturated rings. The normalized spacial score (nSPS) is 19.3. The van der Waals surface area contributed by atoms with Gasteiger partial charge in [0.15, 0.2) is 0 Å². The van der Waals surface area contributed by atoms with Crippen LogP contribution >= 0.6 is 0 Å². The van der Waals surface area contributed by atoms with E-state index in [0.717, 1.165) is 11.3 Å². The van der Waals surface area contributed by atoms with Gasteiger partial charge >= 0.3 is 5.97 Å². The predicted octanol–water partition coefficient (Wildman–Crippen LogP) is 0.473. The zero-order valence-electron chi connectivity index (χ0n) is 10.5. The minimum Gasteiger partial charge on any atom is -0.467 e. The van der Waals surface area contributed by atoms with Crippen LogP contribution < -0.4 is 10.2 Å². The summed E-state index contributed by atoms with van der Waals surface area (Å²) >= 11 is 0.